The molecular weight excluding hydrogens is 198 g/mol. The van der Waals surface area contributed by atoms with Crippen LogP contribution < -0.4 is 5.32 Å². The van der Waals surface area contributed by atoms with E-state index in [-0.39, 0.29) is 0 Å². The van der Waals surface area contributed by atoms with E-state index in [0.717, 1.165) is 19.6 Å². The van der Waals surface area contributed by atoms with Crippen LogP contribution in [0.4, 0.5) is 0 Å². The maximum Gasteiger partial charge on any atom is 0.0573 e. The molecule has 0 aromatic carbocycles. The third-order valence-electron chi connectivity index (χ3n) is 3.17. The molecule has 3 heteroatoms. The third-order valence-corrected chi connectivity index (χ3v) is 3.17. The number of hydrogen-bond donors (Lipinski definition) is 1. The number of rotatable bonds is 2. The zero-order chi connectivity index (χ0) is 11.4. The fourth-order valence-electron chi connectivity index (χ4n) is 2.23. The van der Waals surface area contributed by atoms with Crippen molar-refractivity contribution in [1.29, 1.82) is 0 Å². The van der Waals surface area contributed by atoms with E-state index < -0.39 is 0 Å². The van der Waals surface area contributed by atoms with E-state index >= 15 is 0 Å². The van der Waals surface area contributed by atoms with Gasteiger partial charge in [-0.25, -0.2) is 0 Å². The Labute approximate surface area is 97.9 Å². The number of nitrogens with one attached hydrogen (secondary N) is 1. The van der Waals surface area contributed by atoms with E-state index in [1.54, 1.807) is 0 Å². The average Bonchev–Trinajstić information content (AvgIpc) is 2.46. The first-order valence-corrected chi connectivity index (χ1v) is 6.12. The Hall–Kier alpha value is -0.930. The fraction of sp³-hybridized carbons (Fsp3) is 0.615. The molecule has 0 radical (unpaired) electrons. The summed E-state index contributed by atoms with van der Waals surface area (Å²) in [6.07, 6.45) is 3.12. The van der Waals surface area contributed by atoms with E-state index in [0.29, 0.717) is 6.04 Å². The molecule has 1 fully saturated rings. The van der Waals surface area contributed by atoms with Gasteiger partial charge in [-0.05, 0) is 45.0 Å². The van der Waals surface area contributed by atoms with Crippen LogP contribution >= 0.6 is 0 Å². The van der Waals surface area contributed by atoms with Gasteiger partial charge < -0.3 is 5.32 Å². The van der Waals surface area contributed by atoms with Gasteiger partial charge in [-0.3, -0.25) is 9.88 Å². The number of hydrogen-bond acceptors (Lipinski definition) is 3. The highest BCUT2D eigenvalue weighted by Crippen LogP contribution is 2.09. The molecule has 1 N–H and O–H groups in total. The molecule has 0 aliphatic carbocycles. The van der Waals surface area contributed by atoms with Crippen LogP contribution in [0.15, 0.2) is 18.3 Å². The van der Waals surface area contributed by atoms with Gasteiger partial charge in [-0.15, -0.1) is 0 Å². The van der Waals surface area contributed by atoms with Gasteiger partial charge in [-0.2, -0.15) is 0 Å². The highest BCUT2D eigenvalue weighted by molar-refractivity contribution is 5.17. The summed E-state index contributed by atoms with van der Waals surface area (Å²) in [6.45, 7) is 8.81. The number of aromatic nitrogens is 1. The largest absolute Gasteiger partial charge is 0.313 e. The minimum absolute atomic E-state index is 0.589. The lowest BCUT2D eigenvalue weighted by Crippen LogP contribution is -2.35. The van der Waals surface area contributed by atoms with Crippen LogP contribution in [0.25, 0.3) is 0 Å². The van der Waals surface area contributed by atoms with E-state index in [1.807, 2.05) is 12.3 Å². The van der Waals surface area contributed by atoms with E-state index in [4.69, 9.17) is 0 Å². The van der Waals surface area contributed by atoms with E-state index in [1.165, 1.54) is 24.2 Å². The Balaban J connectivity index is 2.00. The molecule has 0 saturated carbocycles. The molecule has 0 spiro atoms. The van der Waals surface area contributed by atoms with Crippen molar-refractivity contribution in [1.82, 2.24) is 15.2 Å². The Bertz CT molecular complexity index is 338. The molecule has 2 heterocycles. The minimum atomic E-state index is 0.589. The van der Waals surface area contributed by atoms with Crippen LogP contribution in [0, 0.1) is 6.92 Å². The topological polar surface area (TPSA) is 28.2 Å². The Morgan fingerprint density at radius 3 is 3.25 bits per heavy atom. The summed E-state index contributed by atoms with van der Waals surface area (Å²) in [5.41, 5.74) is 2.52. The summed E-state index contributed by atoms with van der Waals surface area (Å²) in [5, 5.41) is 3.51. The third kappa shape index (κ3) is 3.03. The maximum absolute atomic E-state index is 4.47. The van der Waals surface area contributed by atoms with Crippen LogP contribution in [0.2, 0.25) is 0 Å². The molecule has 1 aliphatic rings. The Morgan fingerprint density at radius 2 is 2.44 bits per heavy atom. The van der Waals surface area contributed by atoms with Crippen molar-refractivity contribution < 1.29 is 0 Å². The molecule has 1 atom stereocenters. The van der Waals surface area contributed by atoms with Crippen molar-refractivity contribution in [3.63, 3.8) is 0 Å². The predicted octanol–water partition coefficient (Wildman–Crippen LogP) is 1.57. The van der Waals surface area contributed by atoms with Crippen LogP contribution in [0.1, 0.15) is 24.6 Å². The van der Waals surface area contributed by atoms with Crippen LogP contribution in [-0.2, 0) is 6.54 Å². The molecule has 1 aliphatic heterocycles. The summed E-state index contributed by atoms with van der Waals surface area (Å²) in [5.74, 6) is 0. The number of pyridine rings is 1. The molecule has 1 unspecified atom stereocenters. The highest BCUT2D eigenvalue weighted by Gasteiger charge is 2.15. The first-order chi connectivity index (χ1) is 7.75. The van der Waals surface area contributed by atoms with Crippen LogP contribution in [0.3, 0.4) is 0 Å². The predicted molar refractivity (Wildman–Crippen MR) is 66.3 cm³/mol. The SMILES string of the molecule is Cc1cccnc1CN1CCCNC(C)C1. The normalized spacial score (nSPS) is 23.0. The molecule has 0 bridgehead atoms. The van der Waals surface area contributed by atoms with Gasteiger partial charge in [0.15, 0.2) is 0 Å². The molecule has 0 amide bonds. The second kappa shape index (κ2) is 5.41. The zero-order valence-electron chi connectivity index (χ0n) is 10.2. The van der Waals surface area contributed by atoms with Crippen molar-refractivity contribution in [3.05, 3.63) is 29.6 Å². The number of nitrogens with zero attached hydrogens (tertiary/aromatic N) is 2. The van der Waals surface area contributed by atoms with Crippen LogP contribution in [0.5, 0.6) is 0 Å². The quantitative estimate of drug-likeness (QED) is 0.818. The second-order valence-corrected chi connectivity index (χ2v) is 4.71. The molecule has 2 rings (SSSR count). The summed E-state index contributed by atoms with van der Waals surface area (Å²) in [6, 6.07) is 4.74. The average molecular weight is 219 g/mol. The van der Waals surface area contributed by atoms with Gasteiger partial charge >= 0.3 is 0 Å². The lowest BCUT2D eigenvalue weighted by molar-refractivity contribution is 0.261. The fourth-order valence-corrected chi connectivity index (χ4v) is 2.23. The van der Waals surface area contributed by atoms with Gasteiger partial charge in [0, 0.05) is 25.3 Å². The Morgan fingerprint density at radius 1 is 1.56 bits per heavy atom. The standard InChI is InChI=1S/C13H21N3/c1-11-5-3-6-15-13(11)10-16-8-4-7-14-12(2)9-16/h3,5-6,12,14H,4,7-10H2,1-2H3. The van der Waals surface area contributed by atoms with Gasteiger partial charge in [0.1, 0.15) is 0 Å². The van der Waals surface area contributed by atoms with E-state index in [9.17, 15) is 0 Å². The van der Waals surface area contributed by atoms with Crippen molar-refractivity contribution in [2.45, 2.75) is 32.9 Å². The van der Waals surface area contributed by atoms with Crippen molar-refractivity contribution in [2.24, 2.45) is 0 Å². The number of aryl methyl sites for hydroxylation is 1. The monoisotopic (exact) mass is 219 g/mol. The lowest BCUT2D eigenvalue weighted by Gasteiger charge is -2.22. The highest BCUT2D eigenvalue weighted by atomic mass is 15.2. The van der Waals surface area contributed by atoms with Gasteiger partial charge in [0.25, 0.3) is 0 Å². The summed E-state index contributed by atoms with van der Waals surface area (Å²) in [7, 11) is 0. The van der Waals surface area contributed by atoms with Gasteiger partial charge in [0.2, 0.25) is 0 Å². The summed E-state index contributed by atoms with van der Waals surface area (Å²) >= 11 is 0. The zero-order valence-corrected chi connectivity index (χ0v) is 10.2. The van der Waals surface area contributed by atoms with E-state index in [2.05, 4.69) is 35.1 Å². The van der Waals surface area contributed by atoms with Crippen molar-refractivity contribution >= 4 is 0 Å². The first kappa shape index (κ1) is 11.6. The van der Waals surface area contributed by atoms with Crippen LogP contribution in [-0.4, -0.2) is 35.6 Å². The molecular formula is C13H21N3. The molecule has 1 aromatic rings. The molecule has 88 valence electrons. The Kier molecular flexibility index (Phi) is 3.91. The van der Waals surface area contributed by atoms with Crippen molar-refractivity contribution in [2.75, 3.05) is 19.6 Å². The minimum Gasteiger partial charge on any atom is -0.313 e. The second-order valence-electron chi connectivity index (χ2n) is 4.71. The molecule has 16 heavy (non-hydrogen) atoms. The molecule has 1 saturated heterocycles. The van der Waals surface area contributed by atoms with Gasteiger partial charge in [-0.1, -0.05) is 6.07 Å². The maximum atomic E-state index is 4.47. The molecule has 1 aromatic heterocycles. The lowest BCUT2D eigenvalue weighted by atomic mass is 10.2. The summed E-state index contributed by atoms with van der Waals surface area (Å²) < 4.78 is 0. The van der Waals surface area contributed by atoms with Gasteiger partial charge in [0.05, 0.1) is 5.69 Å². The molecule has 3 nitrogen and oxygen atoms in total. The smallest absolute Gasteiger partial charge is 0.0573 e. The van der Waals surface area contributed by atoms with Crippen molar-refractivity contribution in [3.8, 4) is 0 Å². The first-order valence-electron chi connectivity index (χ1n) is 6.12. The summed E-state index contributed by atoms with van der Waals surface area (Å²) in [4.78, 5) is 6.97.